The van der Waals surface area contributed by atoms with E-state index in [1.165, 1.54) is 11.8 Å². The molecule has 0 amide bonds. The van der Waals surface area contributed by atoms with Crippen molar-refractivity contribution in [2.75, 3.05) is 13.4 Å². The zero-order chi connectivity index (χ0) is 13.8. The Morgan fingerprint density at radius 1 is 1.37 bits per heavy atom. The van der Waals surface area contributed by atoms with Crippen molar-refractivity contribution in [1.29, 1.82) is 0 Å². The van der Waals surface area contributed by atoms with Crippen LogP contribution in [0.4, 0.5) is 5.69 Å². The first-order chi connectivity index (χ1) is 9.19. The van der Waals surface area contributed by atoms with Crippen molar-refractivity contribution in [2.45, 2.75) is 5.16 Å². The second-order valence-electron chi connectivity index (χ2n) is 3.61. The number of hydrogen-bond donors (Lipinski definition) is 1. The molecule has 1 N–H and O–H groups in total. The van der Waals surface area contributed by atoms with Gasteiger partial charge in [-0.2, -0.15) is 0 Å². The van der Waals surface area contributed by atoms with Crippen molar-refractivity contribution in [3.05, 3.63) is 46.0 Å². The lowest BCUT2D eigenvalue weighted by atomic mass is 10.1. The number of methoxy groups -OCH3 is 1. The molecule has 6 heteroatoms. The fraction of sp³-hybridized carbons (Fsp3) is 0.154. The Labute approximate surface area is 114 Å². The summed E-state index contributed by atoms with van der Waals surface area (Å²) in [6.07, 6.45) is 1.81. The third-order valence-electron chi connectivity index (χ3n) is 2.54. The molecule has 5 nitrogen and oxygen atoms in total. The summed E-state index contributed by atoms with van der Waals surface area (Å²) in [5.74, 6) is 0.711. The molecule has 0 spiro atoms. The quantitative estimate of drug-likeness (QED) is 0.530. The molecule has 1 heterocycles. The minimum absolute atomic E-state index is 0.00275. The summed E-state index contributed by atoms with van der Waals surface area (Å²) in [6.45, 7) is 7.11. The maximum absolute atomic E-state index is 11.8. The second-order valence-corrected chi connectivity index (χ2v) is 4.41. The van der Waals surface area contributed by atoms with Gasteiger partial charge in [-0.25, -0.2) is 9.83 Å². The molecule has 0 saturated heterocycles. The van der Waals surface area contributed by atoms with Gasteiger partial charge < -0.3 is 9.72 Å². The van der Waals surface area contributed by atoms with Crippen LogP contribution in [0, 0.1) is 6.57 Å². The summed E-state index contributed by atoms with van der Waals surface area (Å²) in [5, 5.41) is 0.489. The van der Waals surface area contributed by atoms with Crippen LogP contribution in [0.15, 0.2) is 34.2 Å². The maximum Gasteiger partial charge on any atom is 0.276 e. The first kappa shape index (κ1) is 13.2. The molecule has 0 bridgehead atoms. The van der Waals surface area contributed by atoms with Gasteiger partial charge in [0.05, 0.1) is 19.4 Å². The topological polar surface area (TPSA) is 59.3 Å². The monoisotopic (exact) mass is 273 g/mol. The van der Waals surface area contributed by atoms with Gasteiger partial charge in [0.1, 0.15) is 5.75 Å². The summed E-state index contributed by atoms with van der Waals surface area (Å²) in [7, 11) is 1.58. The normalized spacial score (nSPS) is 9.95. The van der Waals surface area contributed by atoms with E-state index in [-0.39, 0.29) is 5.69 Å². The van der Waals surface area contributed by atoms with E-state index in [0.29, 0.717) is 22.2 Å². The zero-order valence-corrected chi connectivity index (χ0v) is 11.2. The van der Waals surface area contributed by atoms with Gasteiger partial charge in [-0.05, 0) is 24.0 Å². The standard InChI is InChI=1S/C13H11N3O2S/c1-14-11-10(15-13(19-3)16-12(11)17)8-4-6-9(18-2)7-5-8/h4-7H,2-3H3,(H,15,16,17). The summed E-state index contributed by atoms with van der Waals surface area (Å²) in [4.78, 5) is 21.9. The number of ether oxygens (including phenoxy) is 1. The third kappa shape index (κ3) is 2.61. The number of aromatic amines is 1. The first-order valence-electron chi connectivity index (χ1n) is 5.39. The van der Waals surface area contributed by atoms with Crippen LogP contribution in [-0.4, -0.2) is 23.3 Å². The lowest BCUT2D eigenvalue weighted by molar-refractivity contribution is 0.415. The molecular formula is C13H11N3O2S. The summed E-state index contributed by atoms with van der Waals surface area (Å²) in [5.41, 5.74) is 0.696. The lowest BCUT2D eigenvalue weighted by Gasteiger charge is -2.06. The van der Waals surface area contributed by atoms with E-state index in [4.69, 9.17) is 11.3 Å². The van der Waals surface area contributed by atoms with E-state index in [9.17, 15) is 4.79 Å². The molecule has 0 saturated carbocycles. The predicted octanol–water partition coefficient (Wildman–Crippen LogP) is 2.72. The molecule has 19 heavy (non-hydrogen) atoms. The average Bonchev–Trinajstić information content (AvgIpc) is 2.46. The van der Waals surface area contributed by atoms with E-state index in [1.807, 2.05) is 6.26 Å². The van der Waals surface area contributed by atoms with Crippen molar-refractivity contribution in [1.82, 2.24) is 9.97 Å². The van der Waals surface area contributed by atoms with Gasteiger partial charge in [0.2, 0.25) is 0 Å². The number of rotatable bonds is 3. The van der Waals surface area contributed by atoms with Gasteiger partial charge in [-0.1, -0.05) is 23.9 Å². The van der Waals surface area contributed by atoms with Gasteiger partial charge in [0.15, 0.2) is 5.16 Å². The van der Waals surface area contributed by atoms with Crippen LogP contribution in [0.2, 0.25) is 0 Å². The Kier molecular flexibility index (Phi) is 3.88. The number of nitrogens with zero attached hydrogens (tertiary/aromatic N) is 2. The van der Waals surface area contributed by atoms with E-state index < -0.39 is 5.56 Å². The molecule has 0 unspecified atom stereocenters. The van der Waals surface area contributed by atoms with Crippen molar-refractivity contribution in [2.24, 2.45) is 0 Å². The highest BCUT2D eigenvalue weighted by molar-refractivity contribution is 7.98. The summed E-state index contributed by atoms with van der Waals surface area (Å²) >= 11 is 1.32. The number of aromatic nitrogens is 2. The third-order valence-corrected chi connectivity index (χ3v) is 3.12. The van der Waals surface area contributed by atoms with Crippen molar-refractivity contribution < 1.29 is 4.74 Å². The number of nitrogens with one attached hydrogen (secondary N) is 1. The molecule has 2 rings (SSSR count). The van der Waals surface area contributed by atoms with Gasteiger partial charge in [-0.15, -0.1) is 0 Å². The molecule has 0 aliphatic heterocycles. The minimum Gasteiger partial charge on any atom is -0.497 e. The molecule has 0 atom stereocenters. The molecule has 1 aromatic carbocycles. The van der Waals surface area contributed by atoms with E-state index >= 15 is 0 Å². The van der Waals surface area contributed by atoms with Crippen LogP contribution >= 0.6 is 11.8 Å². The van der Waals surface area contributed by atoms with Crippen LogP contribution in [0.25, 0.3) is 16.1 Å². The summed E-state index contributed by atoms with van der Waals surface area (Å²) < 4.78 is 5.08. The fourth-order valence-electron chi connectivity index (χ4n) is 1.60. The summed E-state index contributed by atoms with van der Waals surface area (Å²) in [6, 6.07) is 7.09. The highest BCUT2D eigenvalue weighted by Gasteiger charge is 2.13. The van der Waals surface area contributed by atoms with Crippen LogP contribution in [0.5, 0.6) is 5.75 Å². The molecule has 1 aromatic heterocycles. The Morgan fingerprint density at radius 2 is 2.05 bits per heavy atom. The van der Waals surface area contributed by atoms with Crippen molar-refractivity contribution in [3.63, 3.8) is 0 Å². The maximum atomic E-state index is 11.8. The largest absolute Gasteiger partial charge is 0.497 e. The number of H-pyrrole nitrogens is 1. The smallest absolute Gasteiger partial charge is 0.276 e. The van der Waals surface area contributed by atoms with E-state index in [1.54, 1.807) is 31.4 Å². The Bertz CT molecular complexity index is 687. The van der Waals surface area contributed by atoms with Crippen molar-refractivity contribution in [3.8, 4) is 17.0 Å². The molecule has 0 aliphatic rings. The zero-order valence-electron chi connectivity index (χ0n) is 10.4. The molecular weight excluding hydrogens is 262 g/mol. The number of hydrogen-bond acceptors (Lipinski definition) is 4. The van der Waals surface area contributed by atoms with Crippen molar-refractivity contribution >= 4 is 17.4 Å². The minimum atomic E-state index is -0.417. The highest BCUT2D eigenvalue weighted by Crippen LogP contribution is 2.27. The lowest BCUT2D eigenvalue weighted by Crippen LogP contribution is -2.09. The Balaban J connectivity index is 2.62. The average molecular weight is 273 g/mol. The Hall–Kier alpha value is -2.26. The number of thioether (sulfide) groups is 1. The van der Waals surface area contributed by atoms with Gasteiger partial charge in [0.25, 0.3) is 11.2 Å². The van der Waals surface area contributed by atoms with Gasteiger partial charge >= 0.3 is 0 Å². The van der Waals surface area contributed by atoms with Crippen LogP contribution < -0.4 is 10.3 Å². The van der Waals surface area contributed by atoms with E-state index in [0.717, 1.165) is 0 Å². The van der Waals surface area contributed by atoms with Crippen LogP contribution in [0.3, 0.4) is 0 Å². The Morgan fingerprint density at radius 3 is 2.58 bits per heavy atom. The van der Waals surface area contributed by atoms with Crippen LogP contribution in [0.1, 0.15) is 0 Å². The highest BCUT2D eigenvalue weighted by atomic mass is 32.2. The van der Waals surface area contributed by atoms with E-state index in [2.05, 4.69) is 14.8 Å². The molecule has 96 valence electrons. The fourth-order valence-corrected chi connectivity index (χ4v) is 1.97. The van der Waals surface area contributed by atoms with Gasteiger partial charge in [0, 0.05) is 0 Å². The molecule has 2 aromatic rings. The second kappa shape index (κ2) is 5.59. The van der Waals surface area contributed by atoms with Crippen LogP contribution in [-0.2, 0) is 0 Å². The molecule has 0 aliphatic carbocycles. The number of benzene rings is 1. The SMILES string of the molecule is [C-]#[N+]c1c(-c2ccc(OC)cc2)nc(SC)[nH]c1=O. The predicted molar refractivity (Wildman–Crippen MR) is 74.9 cm³/mol. The van der Waals surface area contributed by atoms with Gasteiger partial charge in [-0.3, -0.25) is 4.79 Å². The first-order valence-corrected chi connectivity index (χ1v) is 6.62. The molecule has 0 radical (unpaired) electrons. The molecule has 0 fully saturated rings.